The van der Waals surface area contributed by atoms with Gasteiger partial charge in [-0.25, -0.2) is 0 Å². The van der Waals surface area contributed by atoms with Crippen molar-refractivity contribution in [2.45, 2.75) is 38.6 Å². The second-order valence-electron chi connectivity index (χ2n) is 6.29. The number of nitrogens with one attached hydrogen (secondary N) is 1. The fourth-order valence-electron chi connectivity index (χ4n) is 3.05. The summed E-state index contributed by atoms with van der Waals surface area (Å²) in [7, 11) is 0. The van der Waals surface area contributed by atoms with Crippen LogP contribution in [-0.2, 0) is 6.42 Å². The molecule has 1 fully saturated rings. The molecule has 1 N–H and O–H groups in total. The summed E-state index contributed by atoms with van der Waals surface area (Å²) in [4.78, 5) is 18.8. The Kier molecular flexibility index (Phi) is 5.59. The van der Waals surface area contributed by atoms with Gasteiger partial charge in [0, 0.05) is 31.1 Å². The van der Waals surface area contributed by atoms with Crippen molar-refractivity contribution in [2.75, 3.05) is 19.6 Å². The summed E-state index contributed by atoms with van der Waals surface area (Å²) in [6.45, 7) is 4.90. The first-order valence-corrected chi connectivity index (χ1v) is 8.58. The van der Waals surface area contributed by atoms with Crippen LogP contribution in [0.3, 0.4) is 0 Å². The minimum Gasteiger partial charge on any atom is -0.349 e. The Hall–Kier alpha value is -2.21. The third-order valence-corrected chi connectivity index (χ3v) is 4.39. The molecule has 1 aliphatic heterocycles. The van der Waals surface area contributed by atoms with Crippen molar-refractivity contribution in [1.82, 2.24) is 20.4 Å². The molecule has 128 valence electrons. The predicted molar refractivity (Wildman–Crippen MR) is 90.7 cm³/mol. The Morgan fingerprint density at radius 3 is 2.71 bits per heavy atom. The number of hydrogen-bond acceptors (Lipinski definition) is 5. The molecule has 1 saturated heterocycles. The van der Waals surface area contributed by atoms with Crippen LogP contribution < -0.4 is 5.32 Å². The summed E-state index contributed by atoms with van der Waals surface area (Å²) >= 11 is 0. The zero-order valence-electron chi connectivity index (χ0n) is 14.1. The van der Waals surface area contributed by atoms with Gasteiger partial charge in [-0.05, 0) is 44.9 Å². The van der Waals surface area contributed by atoms with Crippen molar-refractivity contribution in [3.8, 4) is 0 Å². The van der Waals surface area contributed by atoms with Crippen LogP contribution >= 0.6 is 0 Å². The van der Waals surface area contributed by atoms with Crippen LogP contribution in [0.2, 0.25) is 0 Å². The largest absolute Gasteiger partial charge is 0.349 e. The summed E-state index contributed by atoms with van der Waals surface area (Å²) in [6.07, 6.45) is 3.84. The first kappa shape index (κ1) is 16.6. The van der Waals surface area contributed by atoms with Crippen LogP contribution in [0, 0.1) is 6.92 Å². The molecule has 1 amide bonds. The van der Waals surface area contributed by atoms with E-state index in [1.807, 2.05) is 37.3 Å². The van der Waals surface area contributed by atoms with E-state index in [4.69, 9.17) is 4.52 Å². The zero-order valence-corrected chi connectivity index (χ0v) is 14.1. The molecule has 0 unspecified atom stereocenters. The number of likely N-dealkylation sites (tertiary alicyclic amines) is 1. The summed E-state index contributed by atoms with van der Waals surface area (Å²) in [5.41, 5.74) is 0.731. The molecular weight excluding hydrogens is 304 g/mol. The molecule has 0 spiro atoms. The van der Waals surface area contributed by atoms with Gasteiger partial charge >= 0.3 is 0 Å². The van der Waals surface area contributed by atoms with Gasteiger partial charge in [0.25, 0.3) is 5.91 Å². The molecule has 0 saturated carbocycles. The lowest BCUT2D eigenvalue weighted by atomic mass is 10.0. The van der Waals surface area contributed by atoms with Crippen LogP contribution in [-0.4, -0.2) is 46.6 Å². The van der Waals surface area contributed by atoms with E-state index >= 15 is 0 Å². The lowest BCUT2D eigenvalue weighted by Gasteiger charge is -2.32. The molecule has 2 heterocycles. The number of piperidine rings is 1. The molecule has 6 heteroatoms. The maximum atomic E-state index is 12.2. The molecule has 1 aromatic heterocycles. The second-order valence-corrected chi connectivity index (χ2v) is 6.29. The molecule has 0 bridgehead atoms. The van der Waals surface area contributed by atoms with Crippen molar-refractivity contribution >= 4 is 5.91 Å². The Morgan fingerprint density at radius 2 is 2.04 bits per heavy atom. The van der Waals surface area contributed by atoms with Crippen molar-refractivity contribution in [3.63, 3.8) is 0 Å². The van der Waals surface area contributed by atoms with Gasteiger partial charge in [0.2, 0.25) is 5.89 Å². The fourth-order valence-corrected chi connectivity index (χ4v) is 3.05. The summed E-state index contributed by atoms with van der Waals surface area (Å²) in [5, 5.41) is 6.95. The number of rotatable bonds is 6. The van der Waals surface area contributed by atoms with E-state index in [-0.39, 0.29) is 11.9 Å². The van der Waals surface area contributed by atoms with Crippen LogP contribution in [0.1, 0.15) is 41.3 Å². The Balaban J connectivity index is 1.36. The highest BCUT2D eigenvalue weighted by atomic mass is 16.5. The van der Waals surface area contributed by atoms with E-state index in [1.54, 1.807) is 0 Å². The van der Waals surface area contributed by atoms with E-state index < -0.39 is 0 Å². The number of benzene rings is 1. The third kappa shape index (κ3) is 4.64. The van der Waals surface area contributed by atoms with Crippen molar-refractivity contribution in [2.24, 2.45) is 0 Å². The molecule has 3 rings (SSSR count). The zero-order chi connectivity index (χ0) is 16.8. The smallest absolute Gasteiger partial charge is 0.251 e. The van der Waals surface area contributed by atoms with Gasteiger partial charge in [-0.15, -0.1) is 0 Å². The van der Waals surface area contributed by atoms with Gasteiger partial charge in [-0.3, -0.25) is 4.79 Å². The number of nitrogens with zero attached hydrogens (tertiary/aromatic N) is 3. The first-order valence-electron chi connectivity index (χ1n) is 8.58. The second kappa shape index (κ2) is 8.06. The summed E-state index contributed by atoms with van der Waals surface area (Å²) in [5.74, 6) is 1.44. The van der Waals surface area contributed by atoms with Crippen molar-refractivity contribution in [3.05, 3.63) is 47.6 Å². The maximum absolute atomic E-state index is 12.2. The van der Waals surface area contributed by atoms with Gasteiger partial charge in [0.1, 0.15) is 0 Å². The third-order valence-electron chi connectivity index (χ3n) is 4.39. The van der Waals surface area contributed by atoms with Crippen molar-refractivity contribution < 1.29 is 9.32 Å². The van der Waals surface area contributed by atoms with Crippen LogP contribution in [0.25, 0.3) is 0 Å². The Labute approximate surface area is 142 Å². The van der Waals surface area contributed by atoms with Gasteiger partial charge in [0.05, 0.1) is 0 Å². The molecular formula is C18H24N4O2. The van der Waals surface area contributed by atoms with E-state index in [0.29, 0.717) is 5.82 Å². The van der Waals surface area contributed by atoms with E-state index in [0.717, 1.165) is 56.8 Å². The molecule has 2 aromatic rings. The molecule has 24 heavy (non-hydrogen) atoms. The first-order chi connectivity index (χ1) is 11.7. The average molecular weight is 328 g/mol. The summed E-state index contributed by atoms with van der Waals surface area (Å²) in [6, 6.07) is 9.68. The molecule has 0 atom stereocenters. The minimum atomic E-state index is 0.0285. The van der Waals surface area contributed by atoms with Gasteiger partial charge in [0.15, 0.2) is 5.82 Å². The quantitative estimate of drug-likeness (QED) is 0.880. The Bertz CT molecular complexity index is 648. The topological polar surface area (TPSA) is 71.3 Å². The SMILES string of the molecule is Cc1noc(CCCN2CCC(NC(=O)c3ccccc3)CC2)n1. The van der Waals surface area contributed by atoms with Crippen LogP contribution in [0.15, 0.2) is 34.9 Å². The molecule has 1 aromatic carbocycles. The highest BCUT2D eigenvalue weighted by Gasteiger charge is 2.20. The van der Waals surface area contributed by atoms with Crippen LogP contribution in [0.5, 0.6) is 0 Å². The molecule has 0 radical (unpaired) electrons. The minimum absolute atomic E-state index is 0.0285. The number of amides is 1. The maximum Gasteiger partial charge on any atom is 0.251 e. The highest BCUT2D eigenvalue weighted by molar-refractivity contribution is 5.94. The van der Waals surface area contributed by atoms with Gasteiger partial charge < -0.3 is 14.7 Å². The standard InChI is InChI=1S/C18H24N4O2/c1-14-19-17(24-21-14)8-5-11-22-12-9-16(10-13-22)20-18(23)15-6-3-2-4-7-15/h2-4,6-7,16H,5,8-13H2,1H3,(H,20,23). The average Bonchev–Trinajstić information content (AvgIpc) is 3.02. The number of aryl methyl sites for hydroxylation is 2. The molecule has 1 aliphatic rings. The highest BCUT2D eigenvalue weighted by Crippen LogP contribution is 2.12. The predicted octanol–water partition coefficient (Wildman–Crippen LogP) is 2.21. The van der Waals surface area contributed by atoms with Gasteiger partial charge in [-0.2, -0.15) is 4.98 Å². The lowest BCUT2D eigenvalue weighted by Crippen LogP contribution is -2.44. The number of carbonyl (C=O) groups excluding carboxylic acids is 1. The van der Waals surface area contributed by atoms with Gasteiger partial charge in [-0.1, -0.05) is 23.4 Å². The lowest BCUT2D eigenvalue weighted by molar-refractivity contribution is 0.0910. The number of aromatic nitrogens is 2. The van der Waals surface area contributed by atoms with Crippen LogP contribution in [0.4, 0.5) is 0 Å². The van der Waals surface area contributed by atoms with E-state index in [9.17, 15) is 4.79 Å². The fraction of sp³-hybridized carbons (Fsp3) is 0.500. The van der Waals surface area contributed by atoms with E-state index in [1.165, 1.54) is 0 Å². The van der Waals surface area contributed by atoms with Crippen molar-refractivity contribution in [1.29, 1.82) is 0 Å². The van der Waals surface area contributed by atoms with E-state index in [2.05, 4.69) is 20.4 Å². The molecule has 6 nitrogen and oxygen atoms in total. The number of carbonyl (C=O) groups is 1. The monoisotopic (exact) mass is 328 g/mol. The molecule has 0 aliphatic carbocycles. The Morgan fingerprint density at radius 1 is 1.29 bits per heavy atom. The summed E-state index contributed by atoms with van der Waals surface area (Å²) < 4.78 is 5.13. The number of hydrogen-bond donors (Lipinski definition) is 1. The normalized spacial score (nSPS) is 16.2.